The van der Waals surface area contributed by atoms with E-state index in [0.717, 1.165) is 5.56 Å². The maximum atomic E-state index is 11.6. The van der Waals surface area contributed by atoms with Crippen molar-refractivity contribution in [2.75, 3.05) is 20.8 Å². The fraction of sp³-hybridized carbons (Fsp3) is 0.400. The number of benzene rings is 1. The molecule has 0 aromatic heterocycles. The summed E-state index contributed by atoms with van der Waals surface area (Å²) in [4.78, 5) is 11.6. The number of carbonyl (C=O) groups excluding carboxylic acids is 1. The van der Waals surface area contributed by atoms with Crippen molar-refractivity contribution in [1.29, 1.82) is 0 Å². The lowest BCUT2D eigenvalue weighted by atomic mass is 10.2. The Labute approximate surface area is 124 Å². The Morgan fingerprint density at radius 1 is 1.35 bits per heavy atom. The van der Waals surface area contributed by atoms with Gasteiger partial charge in [-0.05, 0) is 29.7 Å². The SMILES string of the molecule is COc1cc(/C=C/C(=O)NCC(C)C)cc(Cl)c1OC. The molecule has 0 aliphatic heterocycles. The van der Waals surface area contributed by atoms with E-state index in [-0.39, 0.29) is 5.91 Å². The second-order valence-corrected chi connectivity index (χ2v) is 5.12. The summed E-state index contributed by atoms with van der Waals surface area (Å²) in [5.74, 6) is 1.30. The van der Waals surface area contributed by atoms with Crippen LogP contribution in [0.1, 0.15) is 19.4 Å². The van der Waals surface area contributed by atoms with Gasteiger partial charge in [0.25, 0.3) is 0 Å². The van der Waals surface area contributed by atoms with Crippen molar-refractivity contribution in [3.05, 3.63) is 28.8 Å². The van der Waals surface area contributed by atoms with Gasteiger partial charge in [-0.25, -0.2) is 0 Å². The topological polar surface area (TPSA) is 47.6 Å². The molecule has 4 nitrogen and oxygen atoms in total. The van der Waals surface area contributed by atoms with E-state index in [9.17, 15) is 4.79 Å². The summed E-state index contributed by atoms with van der Waals surface area (Å²) in [5.41, 5.74) is 0.771. The number of rotatable bonds is 6. The Morgan fingerprint density at radius 3 is 2.60 bits per heavy atom. The molecule has 0 aliphatic carbocycles. The first-order valence-corrected chi connectivity index (χ1v) is 6.73. The number of hydrogen-bond acceptors (Lipinski definition) is 3. The molecule has 0 atom stereocenters. The van der Waals surface area contributed by atoms with Crippen molar-refractivity contribution in [3.63, 3.8) is 0 Å². The zero-order valence-corrected chi connectivity index (χ0v) is 13.0. The first-order valence-electron chi connectivity index (χ1n) is 6.35. The highest BCUT2D eigenvalue weighted by Crippen LogP contribution is 2.36. The summed E-state index contributed by atoms with van der Waals surface area (Å²) < 4.78 is 10.4. The van der Waals surface area contributed by atoms with Gasteiger partial charge in [0.15, 0.2) is 11.5 Å². The molecular formula is C15H20ClNO3. The molecule has 1 aromatic rings. The second-order valence-electron chi connectivity index (χ2n) is 4.71. The first kappa shape index (κ1) is 16.4. The highest BCUT2D eigenvalue weighted by Gasteiger charge is 2.09. The van der Waals surface area contributed by atoms with E-state index < -0.39 is 0 Å². The highest BCUT2D eigenvalue weighted by atomic mass is 35.5. The van der Waals surface area contributed by atoms with Gasteiger partial charge in [-0.3, -0.25) is 4.79 Å². The third-order valence-corrected chi connectivity index (χ3v) is 2.85. The predicted octanol–water partition coefficient (Wildman–Crippen LogP) is 3.14. The van der Waals surface area contributed by atoms with E-state index in [1.54, 1.807) is 18.2 Å². The number of nitrogens with one attached hydrogen (secondary N) is 1. The average molecular weight is 298 g/mol. The van der Waals surface area contributed by atoms with Crippen LogP contribution in [-0.4, -0.2) is 26.7 Å². The van der Waals surface area contributed by atoms with E-state index in [1.165, 1.54) is 20.3 Å². The van der Waals surface area contributed by atoms with E-state index in [2.05, 4.69) is 5.32 Å². The lowest BCUT2D eigenvalue weighted by molar-refractivity contribution is -0.116. The monoisotopic (exact) mass is 297 g/mol. The minimum absolute atomic E-state index is 0.135. The molecule has 5 heteroatoms. The van der Waals surface area contributed by atoms with Crippen molar-refractivity contribution in [2.45, 2.75) is 13.8 Å². The average Bonchev–Trinajstić information content (AvgIpc) is 2.42. The van der Waals surface area contributed by atoms with Crippen LogP contribution in [0.2, 0.25) is 5.02 Å². The smallest absolute Gasteiger partial charge is 0.244 e. The van der Waals surface area contributed by atoms with Gasteiger partial charge >= 0.3 is 0 Å². The zero-order chi connectivity index (χ0) is 15.1. The number of ether oxygens (including phenoxy) is 2. The lowest BCUT2D eigenvalue weighted by Gasteiger charge is -2.10. The molecule has 0 unspecified atom stereocenters. The van der Waals surface area contributed by atoms with Gasteiger partial charge in [0, 0.05) is 12.6 Å². The van der Waals surface area contributed by atoms with Crippen LogP contribution in [0, 0.1) is 5.92 Å². The van der Waals surface area contributed by atoms with Crippen LogP contribution < -0.4 is 14.8 Å². The quantitative estimate of drug-likeness (QED) is 0.821. The number of methoxy groups -OCH3 is 2. The van der Waals surface area contributed by atoms with Crippen molar-refractivity contribution < 1.29 is 14.3 Å². The highest BCUT2D eigenvalue weighted by molar-refractivity contribution is 6.32. The van der Waals surface area contributed by atoms with Gasteiger partial charge in [0.1, 0.15) is 0 Å². The van der Waals surface area contributed by atoms with E-state index in [4.69, 9.17) is 21.1 Å². The first-order chi connectivity index (χ1) is 9.47. The normalized spacial score (nSPS) is 10.9. The fourth-order valence-electron chi connectivity index (χ4n) is 1.57. The molecule has 0 radical (unpaired) electrons. The van der Waals surface area contributed by atoms with Gasteiger partial charge in [-0.2, -0.15) is 0 Å². The van der Waals surface area contributed by atoms with Crippen molar-refractivity contribution in [3.8, 4) is 11.5 Å². The molecule has 1 rings (SSSR count). The molecule has 1 amide bonds. The minimum atomic E-state index is -0.135. The molecule has 0 fully saturated rings. The molecule has 0 bridgehead atoms. The van der Waals surface area contributed by atoms with Crippen LogP contribution in [0.15, 0.2) is 18.2 Å². The summed E-state index contributed by atoms with van der Waals surface area (Å²) in [7, 11) is 3.07. The Balaban J connectivity index is 2.82. The third-order valence-electron chi connectivity index (χ3n) is 2.57. The maximum absolute atomic E-state index is 11.6. The molecule has 1 N–H and O–H groups in total. The Hall–Kier alpha value is -1.68. The standard InChI is InChI=1S/C15H20ClNO3/c1-10(2)9-17-14(18)6-5-11-7-12(16)15(20-4)13(8-11)19-3/h5-8,10H,9H2,1-4H3,(H,17,18)/b6-5+. The minimum Gasteiger partial charge on any atom is -0.493 e. The van der Waals surface area contributed by atoms with Crippen LogP contribution in [0.5, 0.6) is 11.5 Å². The molecule has 0 saturated carbocycles. The summed E-state index contributed by atoms with van der Waals surface area (Å²) in [6.45, 7) is 4.73. The summed E-state index contributed by atoms with van der Waals surface area (Å²) in [6, 6.07) is 3.48. The predicted molar refractivity (Wildman–Crippen MR) is 81.4 cm³/mol. The molecule has 1 aromatic carbocycles. The number of amides is 1. The van der Waals surface area contributed by atoms with Crippen LogP contribution in [0.3, 0.4) is 0 Å². The molecule has 0 heterocycles. The van der Waals surface area contributed by atoms with Crippen LogP contribution in [0.4, 0.5) is 0 Å². The number of carbonyl (C=O) groups is 1. The van der Waals surface area contributed by atoms with Crippen molar-refractivity contribution in [1.82, 2.24) is 5.32 Å². The van der Waals surface area contributed by atoms with Gasteiger partial charge < -0.3 is 14.8 Å². The zero-order valence-electron chi connectivity index (χ0n) is 12.2. The summed E-state index contributed by atoms with van der Waals surface area (Å²) in [6.07, 6.45) is 3.16. The number of hydrogen-bond donors (Lipinski definition) is 1. The Kier molecular flexibility index (Phi) is 6.39. The summed E-state index contributed by atoms with van der Waals surface area (Å²) >= 11 is 6.09. The molecular weight excluding hydrogens is 278 g/mol. The van der Waals surface area contributed by atoms with Crippen LogP contribution in [0.25, 0.3) is 6.08 Å². The third kappa shape index (κ3) is 4.78. The van der Waals surface area contributed by atoms with Crippen molar-refractivity contribution in [2.24, 2.45) is 5.92 Å². The fourth-order valence-corrected chi connectivity index (χ4v) is 1.87. The largest absolute Gasteiger partial charge is 0.493 e. The molecule has 110 valence electrons. The molecule has 0 saturated heterocycles. The second kappa shape index (κ2) is 7.80. The lowest BCUT2D eigenvalue weighted by Crippen LogP contribution is -2.25. The van der Waals surface area contributed by atoms with Gasteiger partial charge in [-0.1, -0.05) is 25.4 Å². The van der Waals surface area contributed by atoms with Gasteiger partial charge in [0.05, 0.1) is 19.2 Å². The molecule has 0 spiro atoms. The number of halogens is 1. The Morgan fingerprint density at radius 2 is 2.05 bits per heavy atom. The van der Waals surface area contributed by atoms with E-state index >= 15 is 0 Å². The maximum Gasteiger partial charge on any atom is 0.244 e. The molecule has 0 aliphatic rings. The van der Waals surface area contributed by atoms with E-state index in [1.807, 2.05) is 13.8 Å². The summed E-state index contributed by atoms with van der Waals surface area (Å²) in [5, 5.41) is 3.24. The van der Waals surface area contributed by atoms with Gasteiger partial charge in [-0.15, -0.1) is 0 Å². The van der Waals surface area contributed by atoms with Gasteiger partial charge in [0.2, 0.25) is 5.91 Å². The van der Waals surface area contributed by atoms with Crippen LogP contribution in [-0.2, 0) is 4.79 Å². The van der Waals surface area contributed by atoms with E-state index in [0.29, 0.717) is 29.0 Å². The van der Waals surface area contributed by atoms with Crippen LogP contribution >= 0.6 is 11.6 Å². The van der Waals surface area contributed by atoms with Crippen molar-refractivity contribution >= 4 is 23.6 Å². The molecule has 20 heavy (non-hydrogen) atoms. The Bertz CT molecular complexity index is 498.